The molecule has 0 aliphatic rings. The van der Waals surface area contributed by atoms with Crippen molar-refractivity contribution in [3.05, 3.63) is 42.4 Å². The van der Waals surface area contributed by atoms with Gasteiger partial charge >= 0.3 is 0 Å². The molecular formula is C13H18FNO2. The molecule has 17 heavy (non-hydrogen) atoms. The van der Waals surface area contributed by atoms with E-state index in [0.29, 0.717) is 12.2 Å². The summed E-state index contributed by atoms with van der Waals surface area (Å²) >= 11 is 0. The van der Waals surface area contributed by atoms with Crippen molar-refractivity contribution in [2.45, 2.75) is 19.4 Å². The molecule has 0 aliphatic carbocycles. The van der Waals surface area contributed by atoms with Crippen molar-refractivity contribution in [2.75, 3.05) is 13.2 Å². The Morgan fingerprint density at radius 1 is 1.59 bits per heavy atom. The molecule has 0 fully saturated rings. The Kier molecular flexibility index (Phi) is 5.49. The Labute approximate surface area is 101 Å². The maximum atomic E-state index is 13.5. The Morgan fingerprint density at radius 2 is 2.35 bits per heavy atom. The Hall–Kier alpha value is -1.55. The first-order chi connectivity index (χ1) is 8.15. The zero-order chi connectivity index (χ0) is 12.7. The number of benzene rings is 1. The molecule has 1 unspecified atom stereocenters. The number of ether oxygens (including phenoxy) is 1. The van der Waals surface area contributed by atoms with Gasteiger partial charge in [-0.15, -0.1) is 0 Å². The van der Waals surface area contributed by atoms with Crippen LogP contribution < -0.4 is 5.32 Å². The van der Waals surface area contributed by atoms with E-state index in [1.54, 1.807) is 6.07 Å². The van der Waals surface area contributed by atoms with Crippen LogP contribution in [0.25, 0.3) is 0 Å². The Morgan fingerprint density at radius 3 is 3.00 bits per heavy atom. The molecule has 0 saturated heterocycles. The van der Waals surface area contributed by atoms with Crippen molar-refractivity contribution < 1.29 is 14.2 Å². The number of rotatable bonds is 7. The summed E-state index contributed by atoms with van der Waals surface area (Å²) < 4.78 is 18.5. The van der Waals surface area contributed by atoms with Gasteiger partial charge in [0.15, 0.2) is 0 Å². The number of hydrogen-bond acceptors (Lipinski definition) is 3. The molecule has 1 rings (SSSR count). The quantitative estimate of drug-likeness (QED) is 0.568. The summed E-state index contributed by atoms with van der Waals surface area (Å²) in [5.74, 6) is -0.454. The lowest BCUT2D eigenvalue weighted by Crippen LogP contribution is -2.21. The third-order valence-corrected chi connectivity index (χ3v) is 2.46. The molecule has 3 nitrogen and oxygen atoms in total. The van der Waals surface area contributed by atoms with Gasteiger partial charge in [-0.1, -0.05) is 12.6 Å². The molecule has 0 saturated carbocycles. The molecule has 1 aromatic rings. The Bertz CT molecular complexity index is 368. The van der Waals surface area contributed by atoms with E-state index in [0.717, 1.165) is 19.0 Å². The van der Waals surface area contributed by atoms with Crippen LogP contribution >= 0.6 is 0 Å². The molecular weight excluding hydrogens is 221 g/mol. The number of phenolic OH excluding ortho intramolecular Hbond substituents is 1. The van der Waals surface area contributed by atoms with Crippen LogP contribution in [0, 0.1) is 5.82 Å². The smallest absolute Gasteiger partial charge is 0.131 e. The molecule has 0 spiro atoms. The van der Waals surface area contributed by atoms with Gasteiger partial charge in [0, 0.05) is 17.7 Å². The zero-order valence-corrected chi connectivity index (χ0v) is 9.95. The molecule has 2 N–H and O–H groups in total. The van der Waals surface area contributed by atoms with Gasteiger partial charge in [0.05, 0.1) is 12.9 Å². The van der Waals surface area contributed by atoms with Crippen LogP contribution in [0.4, 0.5) is 4.39 Å². The van der Waals surface area contributed by atoms with Gasteiger partial charge in [-0.05, 0) is 26.0 Å². The van der Waals surface area contributed by atoms with Crippen LogP contribution in [-0.4, -0.2) is 18.3 Å². The fraction of sp³-hybridized carbons (Fsp3) is 0.385. The largest absolute Gasteiger partial charge is 0.508 e. The van der Waals surface area contributed by atoms with E-state index in [-0.39, 0.29) is 11.8 Å². The minimum Gasteiger partial charge on any atom is -0.508 e. The van der Waals surface area contributed by atoms with Crippen LogP contribution in [0.15, 0.2) is 31.0 Å². The number of nitrogens with one attached hydrogen (secondary N) is 1. The first kappa shape index (κ1) is 13.5. The fourth-order valence-corrected chi connectivity index (χ4v) is 1.53. The van der Waals surface area contributed by atoms with Crippen molar-refractivity contribution in [3.63, 3.8) is 0 Å². The molecule has 0 radical (unpaired) electrons. The highest BCUT2D eigenvalue weighted by Crippen LogP contribution is 2.20. The summed E-state index contributed by atoms with van der Waals surface area (Å²) in [7, 11) is 0. The summed E-state index contributed by atoms with van der Waals surface area (Å²) in [6.07, 6.45) is 2.24. The van der Waals surface area contributed by atoms with Gasteiger partial charge in [-0.25, -0.2) is 4.39 Å². The highest BCUT2D eigenvalue weighted by Gasteiger charge is 2.10. The van der Waals surface area contributed by atoms with Crippen molar-refractivity contribution in [1.29, 1.82) is 0 Å². The molecule has 4 heteroatoms. The van der Waals surface area contributed by atoms with Crippen LogP contribution in [0.3, 0.4) is 0 Å². The van der Waals surface area contributed by atoms with Crippen molar-refractivity contribution in [1.82, 2.24) is 5.32 Å². The lowest BCUT2D eigenvalue weighted by molar-refractivity contribution is 0.243. The van der Waals surface area contributed by atoms with E-state index in [2.05, 4.69) is 11.9 Å². The number of phenols is 1. The second-order valence-corrected chi connectivity index (χ2v) is 3.77. The molecule has 0 bridgehead atoms. The lowest BCUT2D eigenvalue weighted by atomic mass is 10.1. The molecule has 0 heterocycles. The van der Waals surface area contributed by atoms with E-state index in [4.69, 9.17) is 9.84 Å². The average Bonchev–Trinajstić information content (AvgIpc) is 2.28. The Balaban J connectivity index is 2.41. The number of halogens is 1. The zero-order valence-electron chi connectivity index (χ0n) is 9.95. The molecule has 0 amide bonds. The summed E-state index contributed by atoms with van der Waals surface area (Å²) in [5.41, 5.74) is 0.549. The fourth-order valence-electron chi connectivity index (χ4n) is 1.53. The van der Waals surface area contributed by atoms with Crippen LogP contribution in [0.5, 0.6) is 5.75 Å². The van der Waals surface area contributed by atoms with Gasteiger partial charge in [-0.3, -0.25) is 0 Å². The first-order valence-electron chi connectivity index (χ1n) is 5.59. The highest BCUT2D eigenvalue weighted by molar-refractivity contribution is 5.29. The topological polar surface area (TPSA) is 41.5 Å². The SMILES string of the molecule is C=COCCCNC(C)c1ccc(O)cc1F. The maximum Gasteiger partial charge on any atom is 0.131 e. The first-order valence-corrected chi connectivity index (χ1v) is 5.59. The minimum atomic E-state index is -0.396. The second-order valence-electron chi connectivity index (χ2n) is 3.77. The molecule has 0 aromatic heterocycles. The van der Waals surface area contributed by atoms with E-state index >= 15 is 0 Å². The molecule has 0 aliphatic heterocycles. The third kappa shape index (κ3) is 4.44. The van der Waals surface area contributed by atoms with Crippen LogP contribution in [0.1, 0.15) is 24.9 Å². The van der Waals surface area contributed by atoms with Gasteiger partial charge in [-0.2, -0.15) is 0 Å². The number of hydrogen-bond donors (Lipinski definition) is 2. The van der Waals surface area contributed by atoms with Crippen molar-refractivity contribution in [2.24, 2.45) is 0 Å². The van der Waals surface area contributed by atoms with E-state index in [1.807, 2.05) is 6.92 Å². The maximum absolute atomic E-state index is 13.5. The van der Waals surface area contributed by atoms with Crippen LogP contribution in [0.2, 0.25) is 0 Å². The van der Waals surface area contributed by atoms with E-state index in [1.165, 1.54) is 12.3 Å². The second kappa shape index (κ2) is 6.91. The summed E-state index contributed by atoms with van der Waals surface area (Å²) in [6, 6.07) is 4.09. The predicted molar refractivity (Wildman–Crippen MR) is 65.2 cm³/mol. The number of aromatic hydroxyl groups is 1. The van der Waals surface area contributed by atoms with Gasteiger partial charge in [0.25, 0.3) is 0 Å². The molecule has 1 atom stereocenters. The van der Waals surface area contributed by atoms with Crippen LogP contribution in [-0.2, 0) is 4.74 Å². The van der Waals surface area contributed by atoms with Gasteiger partial charge in [0.2, 0.25) is 0 Å². The van der Waals surface area contributed by atoms with E-state index in [9.17, 15) is 4.39 Å². The third-order valence-electron chi connectivity index (χ3n) is 2.46. The van der Waals surface area contributed by atoms with Gasteiger partial charge in [0.1, 0.15) is 11.6 Å². The molecule has 1 aromatic carbocycles. The monoisotopic (exact) mass is 239 g/mol. The summed E-state index contributed by atoms with van der Waals surface area (Å²) in [4.78, 5) is 0. The minimum absolute atomic E-state index is 0.0576. The summed E-state index contributed by atoms with van der Waals surface area (Å²) in [6.45, 7) is 6.65. The van der Waals surface area contributed by atoms with Crippen molar-refractivity contribution >= 4 is 0 Å². The van der Waals surface area contributed by atoms with Gasteiger partial charge < -0.3 is 15.2 Å². The highest BCUT2D eigenvalue weighted by atomic mass is 19.1. The average molecular weight is 239 g/mol. The standard InChI is InChI=1S/C13H18FNO2/c1-3-17-8-4-7-15-10(2)12-6-5-11(16)9-13(12)14/h3,5-6,9-10,15-16H,1,4,7-8H2,2H3. The lowest BCUT2D eigenvalue weighted by Gasteiger charge is -2.15. The normalized spacial score (nSPS) is 12.1. The van der Waals surface area contributed by atoms with Crippen molar-refractivity contribution in [3.8, 4) is 5.75 Å². The molecule has 94 valence electrons. The summed E-state index contributed by atoms with van der Waals surface area (Å²) in [5, 5.41) is 12.3. The predicted octanol–water partition coefficient (Wildman–Crippen LogP) is 2.73. The van der Waals surface area contributed by atoms with E-state index < -0.39 is 5.82 Å².